The second-order valence-corrected chi connectivity index (χ2v) is 13.3. The molecule has 1 amide bonds. The van der Waals surface area contributed by atoms with E-state index in [0.717, 1.165) is 80.2 Å². The van der Waals surface area contributed by atoms with Crippen molar-refractivity contribution in [2.45, 2.75) is 45.3 Å². The Morgan fingerprint density at radius 3 is 2.35 bits per heavy atom. The van der Waals surface area contributed by atoms with Crippen LogP contribution in [0.25, 0.3) is 0 Å². The highest BCUT2D eigenvalue weighted by molar-refractivity contribution is 7.85. The van der Waals surface area contributed by atoms with Crippen molar-refractivity contribution in [2.24, 2.45) is 0 Å². The first-order valence-corrected chi connectivity index (χ1v) is 16.8. The zero-order chi connectivity index (χ0) is 31.0. The van der Waals surface area contributed by atoms with E-state index in [1.807, 2.05) is 50.2 Å². The summed E-state index contributed by atoms with van der Waals surface area (Å²) in [5.41, 5.74) is 5.72. The summed E-state index contributed by atoms with van der Waals surface area (Å²) in [6.07, 6.45) is 3.47. The highest BCUT2D eigenvalue weighted by atomic mass is 35.5. The Kier molecular flexibility index (Phi) is 11.7. The van der Waals surface area contributed by atoms with Crippen LogP contribution in [0.15, 0.2) is 54.6 Å². The molecular weight excluding hydrogens is 609 g/mol. The summed E-state index contributed by atoms with van der Waals surface area (Å²) in [6.45, 7) is 9.49. The number of rotatable bonds is 9. The van der Waals surface area contributed by atoms with Gasteiger partial charge < -0.3 is 15.0 Å². The number of unbranched alkanes of at least 4 members (excludes halogenated alkanes) is 1. The highest BCUT2D eigenvalue weighted by Crippen LogP contribution is 2.33. The molecule has 2 aliphatic rings. The van der Waals surface area contributed by atoms with Crippen LogP contribution in [0, 0.1) is 13.8 Å². The summed E-state index contributed by atoms with van der Waals surface area (Å²) in [4.78, 5) is 16.3. The van der Waals surface area contributed by atoms with Gasteiger partial charge in [-0.15, -0.1) is 0 Å². The molecular formula is C32H39Cl2N3O5S. The predicted molar refractivity (Wildman–Crippen MR) is 174 cm³/mol. The first-order chi connectivity index (χ1) is 20.5. The number of benzene rings is 3. The third-order valence-corrected chi connectivity index (χ3v) is 8.90. The van der Waals surface area contributed by atoms with E-state index < -0.39 is 10.1 Å². The van der Waals surface area contributed by atoms with Crippen LogP contribution in [-0.4, -0.2) is 63.1 Å². The monoisotopic (exact) mass is 647 g/mol. The number of fused-ring (bicyclic) bond motifs is 1. The van der Waals surface area contributed by atoms with Crippen molar-refractivity contribution < 1.29 is 22.5 Å². The molecule has 0 aromatic heterocycles. The second kappa shape index (κ2) is 15.3. The molecule has 1 fully saturated rings. The molecule has 0 unspecified atom stereocenters. The summed E-state index contributed by atoms with van der Waals surface area (Å²) in [7, 11) is -3.91. The number of carbonyl (C=O) groups is 1. The van der Waals surface area contributed by atoms with Crippen molar-refractivity contribution in [3.8, 4) is 5.75 Å². The molecule has 3 aromatic carbocycles. The number of aryl methyl sites for hydroxylation is 3. The van der Waals surface area contributed by atoms with Crippen LogP contribution >= 0.6 is 23.2 Å². The van der Waals surface area contributed by atoms with Crippen LogP contribution in [-0.2, 0) is 27.1 Å². The third kappa shape index (κ3) is 10.4. The van der Waals surface area contributed by atoms with Crippen molar-refractivity contribution in [3.63, 3.8) is 0 Å². The van der Waals surface area contributed by atoms with E-state index in [-0.39, 0.29) is 11.7 Å². The number of carbonyl (C=O) groups excluding carboxylic acids is 1. The first-order valence-electron chi connectivity index (χ1n) is 14.5. The zero-order valence-corrected chi connectivity index (χ0v) is 26.9. The Morgan fingerprint density at radius 1 is 0.930 bits per heavy atom. The fourth-order valence-corrected chi connectivity index (χ4v) is 6.38. The minimum Gasteiger partial charge on any atom is -0.494 e. The van der Waals surface area contributed by atoms with Gasteiger partial charge in [-0.05, 0) is 69.0 Å². The molecule has 2 aliphatic heterocycles. The lowest BCUT2D eigenvalue weighted by Gasteiger charge is -2.36. The number of nitrogens with zero attached hydrogens (tertiary/aromatic N) is 2. The van der Waals surface area contributed by atoms with Crippen molar-refractivity contribution in [1.82, 2.24) is 4.90 Å². The van der Waals surface area contributed by atoms with E-state index in [1.165, 1.54) is 5.56 Å². The molecule has 3 aromatic rings. The molecule has 0 aliphatic carbocycles. The number of amides is 1. The molecule has 1 saturated heterocycles. The van der Waals surface area contributed by atoms with Gasteiger partial charge >= 0.3 is 0 Å². The number of piperazine rings is 1. The molecule has 0 spiro atoms. The molecule has 0 atom stereocenters. The van der Waals surface area contributed by atoms with Crippen LogP contribution in [0.4, 0.5) is 11.4 Å². The molecule has 2 heterocycles. The Morgan fingerprint density at radius 2 is 1.65 bits per heavy atom. The molecule has 2 N–H and O–H groups in total. The van der Waals surface area contributed by atoms with Gasteiger partial charge in [0.15, 0.2) is 0 Å². The van der Waals surface area contributed by atoms with Gasteiger partial charge in [0.25, 0.3) is 10.1 Å². The van der Waals surface area contributed by atoms with Crippen molar-refractivity contribution in [3.05, 3.63) is 86.9 Å². The molecule has 0 bridgehead atoms. The normalized spacial score (nSPS) is 15.3. The van der Waals surface area contributed by atoms with Crippen LogP contribution in [0.5, 0.6) is 5.75 Å². The van der Waals surface area contributed by atoms with E-state index in [2.05, 4.69) is 21.2 Å². The molecule has 5 rings (SSSR count). The van der Waals surface area contributed by atoms with E-state index in [0.29, 0.717) is 28.6 Å². The minimum atomic E-state index is -3.91. The molecule has 8 nitrogen and oxygen atoms in total. The lowest BCUT2D eigenvalue weighted by atomic mass is 10.0. The number of hydrogen-bond donors (Lipinski definition) is 2. The van der Waals surface area contributed by atoms with Crippen LogP contribution in [0.2, 0.25) is 10.0 Å². The summed E-state index contributed by atoms with van der Waals surface area (Å²) in [5, 5.41) is 4.18. The average Bonchev–Trinajstić information content (AvgIpc) is 2.93. The van der Waals surface area contributed by atoms with Gasteiger partial charge in [0.05, 0.1) is 22.3 Å². The van der Waals surface area contributed by atoms with Gasteiger partial charge in [0.2, 0.25) is 5.91 Å². The second-order valence-electron chi connectivity index (χ2n) is 11.0. The Balaban J connectivity index is 0.000000273. The van der Waals surface area contributed by atoms with Gasteiger partial charge in [-0.25, -0.2) is 0 Å². The maximum Gasteiger partial charge on any atom is 0.269 e. The molecule has 0 radical (unpaired) electrons. The molecule has 11 heteroatoms. The summed E-state index contributed by atoms with van der Waals surface area (Å²) < 4.78 is 35.7. The van der Waals surface area contributed by atoms with E-state index in [1.54, 1.807) is 12.1 Å². The van der Waals surface area contributed by atoms with Crippen LogP contribution < -0.4 is 15.0 Å². The molecule has 43 heavy (non-hydrogen) atoms. The van der Waals surface area contributed by atoms with Gasteiger partial charge in [-0.1, -0.05) is 64.7 Å². The molecule has 0 saturated carbocycles. The Hall–Kier alpha value is -2.82. The predicted octanol–water partition coefficient (Wildman–Crippen LogP) is 6.55. The van der Waals surface area contributed by atoms with Crippen molar-refractivity contribution in [2.75, 3.05) is 49.5 Å². The smallest absolute Gasteiger partial charge is 0.269 e. The summed E-state index contributed by atoms with van der Waals surface area (Å²) in [6, 6.07) is 17.2. The Labute approximate surface area is 264 Å². The third-order valence-electron chi connectivity index (χ3n) is 7.39. The SMILES string of the molecule is Cc1cc(C)cc(CS(=O)(=O)O)c1.O=C1CCc2ccc(OCCCCN3CCN(c4cccc(Cl)c4Cl)CC3)cc2N1. The maximum absolute atomic E-state index is 11.5. The van der Waals surface area contributed by atoms with Gasteiger partial charge in [-0.3, -0.25) is 14.2 Å². The molecule has 232 valence electrons. The fourth-order valence-electron chi connectivity index (χ4n) is 5.38. The lowest BCUT2D eigenvalue weighted by Crippen LogP contribution is -2.46. The topological polar surface area (TPSA) is 99.2 Å². The van der Waals surface area contributed by atoms with Crippen molar-refractivity contribution in [1.29, 1.82) is 0 Å². The standard InChI is InChI=1S/C23H27Cl2N3O2.C9H12O3S/c24-19-4-3-5-21(23(19)25)28-13-11-27(12-14-28)10-1-2-15-30-18-8-6-17-7-9-22(29)26-20(17)16-18;1-7-3-8(2)5-9(4-7)6-13(10,11)12/h3-6,8,16H,1-2,7,9-15H2,(H,26,29);3-5H,6H2,1-2H3,(H,10,11,12). The van der Waals surface area contributed by atoms with Crippen LogP contribution in [0.3, 0.4) is 0 Å². The quantitative estimate of drug-likeness (QED) is 0.201. The number of ether oxygens (including phenoxy) is 1. The largest absolute Gasteiger partial charge is 0.494 e. The number of hydrogen-bond acceptors (Lipinski definition) is 6. The Bertz CT molecular complexity index is 1510. The number of anilines is 2. The number of halogens is 2. The maximum atomic E-state index is 11.5. The van der Waals surface area contributed by atoms with Gasteiger partial charge in [0.1, 0.15) is 11.5 Å². The summed E-state index contributed by atoms with van der Waals surface area (Å²) >= 11 is 12.5. The van der Waals surface area contributed by atoms with E-state index in [9.17, 15) is 13.2 Å². The first kappa shape index (κ1) is 33.1. The van der Waals surface area contributed by atoms with E-state index >= 15 is 0 Å². The van der Waals surface area contributed by atoms with Gasteiger partial charge in [-0.2, -0.15) is 8.42 Å². The zero-order valence-electron chi connectivity index (χ0n) is 24.6. The lowest BCUT2D eigenvalue weighted by molar-refractivity contribution is -0.116. The average molecular weight is 649 g/mol. The number of nitrogens with one attached hydrogen (secondary N) is 1. The highest BCUT2D eigenvalue weighted by Gasteiger charge is 2.19. The van der Waals surface area contributed by atoms with Crippen molar-refractivity contribution >= 4 is 50.6 Å². The minimum absolute atomic E-state index is 0.0809. The summed E-state index contributed by atoms with van der Waals surface area (Å²) in [5.74, 6) is 0.593. The van der Waals surface area contributed by atoms with Gasteiger partial charge in [0, 0.05) is 44.4 Å². The fraction of sp³-hybridized carbons (Fsp3) is 0.406. The van der Waals surface area contributed by atoms with Crippen LogP contribution in [0.1, 0.15) is 41.5 Å². The van der Waals surface area contributed by atoms with E-state index in [4.69, 9.17) is 32.5 Å².